The van der Waals surface area contributed by atoms with Crippen molar-refractivity contribution in [3.63, 3.8) is 0 Å². The van der Waals surface area contributed by atoms with Crippen LogP contribution in [0.4, 0.5) is 5.69 Å². The number of carbonyl (C=O) groups excluding carboxylic acids is 1. The Kier molecular flexibility index (Phi) is 4.96. The van der Waals surface area contributed by atoms with Crippen LogP contribution >= 0.6 is 11.3 Å². The van der Waals surface area contributed by atoms with Crippen LogP contribution in [0.5, 0.6) is 0 Å². The van der Waals surface area contributed by atoms with Gasteiger partial charge in [0.25, 0.3) is 5.91 Å². The van der Waals surface area contributed by atoms with Crippen LogP contribution in [0.1, 0.15) is 45.9 Å². The number of para-hydroxylation sites is 1. The highest BCUT2D eigenvalue weighted by atomic mass is 32.1. The van der Waals surface area contributed by atoms with Gasteiger partial charge in [-0.1, -0.05) is 18.2 Å². The van der Waals surface area contributed by atoms with Crippen molar-refractivity contribution in [3.8, 4) is 0 Å². The SMILES string of the molecule is CCN(CCNC(=O)c1cnc(C2CC2)s1)c1ccccc1C. The maximum Gasteiger partial charge on any atom is 0.263 e. The maximum atomic E-state index is 12.2. The van der Waals surface area contributed by atoms with Crippen molar-refractivity contribution in [2.24, 2.45) is 0 Å². The van der Waals surface area contributed by atoms with Gasteiger partial charge in [-0.05, 0) is 38.3 Å². The molecule has 1 aromatic heterocycles. The minimum absolute atomic E-state index is 0.00441. The summed E-state index contributed by atoms with van der Waals surface area (Å²) in [5, 5.41) is 4.13. The molecule has 122 valence electrons. The van der Waals surface area contributed by atoms with Gasteiger partial charge in [0.05, 0.1) is 11.2 Å². The van der Waals surface area contributed by atoms with E-state index >= 15 is 0 Å². The molecule has 1 aliphatic carbocycles. The van der Waals surface area contributed by atoms with Gasteiger partial charge in [0.2, 0.25) is 0 Å². The van der Waals surface area contributed by atoms with Crippen molar-refractivity contribution in [1.82, 2.24) is 10.3 Å². The molecule has 1 aromatic carbocycles. The van der Waals surface area contributed by atoms with Crippen LogP contribution in [0, 0.1) is 6.92 Å². The third kappa shape index (κ3) is 3.91. The molecule has 23 heavy (non-hydrogen) atoms. The lowest BCUT2D eigenvalue weighted by Gasteiger charge is -2.25. The Hall–Kier alpha value is -1.88. The fourth-order valence-electron chi connectivity index (χ4n) is 2.67. The van der Waals surface area contributed by atoms with Crippen molar-refractivity contribution in [2.45, 2.75) is 32.6 Å². The summed E-state index contributed by atoms with van der Waals surface area (Å²) in [6, 6.07) is 8.36. The van der Waals surface area contributed by atoms with Gasteiger partial charge >= 0.3 is 0 Å². The van der Waals surface area contributed by atoms with Crippen LogP contribution in [0.2, 0.25) is 0 Å². The van der Waals surface area contributed by atoms with E-state index in [1.165, 1.54) is 35.4 Å². The van der Waals surface area contributed by atoms with Gasteiger partial charge < -0.3 is 10.2 Å². The Balaban J connectivity index is 1.53. The third-order valence-corrected chi connectivity index (χ3v) is 5.34. The molecule has 1 fully saturated rings. The Labute approximate surface area is 141 Å². The number of hydrogen-bond donors (Lipinski definition) is 1. The molecule has 1 N–H and O–H groups in total. The van der Waals surface area contributed by atoms with Crippen LogP contribution in [-0.4, -0.2) is 30.5 Å². The van der Waals surface area contributed by atoms with E-state index in [0.717, 1.165) is 23.0 Å². The second-order valence-corrected chi connectivity index (χ2v) is 7.02. The van der Waals surface area contributed by atoms with Gasteiger partial charge in [-0.3, -0.25) is 4.79 Å². The molecule has 0 radical (unpaired) electrons. The Morgan fingerprint density at radius 1 is 1.39 bits per heavy atom. The first kappa shape index (κ1) is 16.0. The lowest BCUT2D eigenvalue weighted by Crippen LogP contribution is -2.35. The molecule has 1 aliphatic rings. The summed E-state index contributed by atoms with van der Waals surface area (Å²) in [5.74, 6) is 0.605. The molecule has 2 aromatic rings. The smallest absolute Gasteiger partial charge is 0.263 e. The average molecular weight is 329 g/mol. The van der Waals surface area contributed by atoms with E-state index < -0.39 is 0 Å². The fraction of sp³-hybridized carbons (Fsp3) is 0.444. The van der Waals surface area contributed by atoms with Crippen LogP contribution in [0.3, 0.4) is 0 Å². The Morgan fingerprint density at radius 2 is 2.17 bits per heavy atom. The van der Waals surface area contributed by atoms with Gasteiger partial charge in [-0.15, -0.1) is 11.3 Å². The van der Waals surface area contributed by atoms with Gasteiger partial charge in [-0.25, -0.2) is 4.98 Å². The highest BCUT2D eigenvalue weighted by molar-refractivity contribution is 7.13. The molecule has 4 nitrogen and oxygen atoms in total. The first-order valence-electron chi connectivity index (χ1n) is 8.23. The Bertz CT molecular complexity index is 678. The highest BCUT2D eigenvalue weighted by Crippen LogP contribution is 2.41. The van der Waals surface area contributed by atoms with E-state index in [4.69, 9.17) is 0 Å². The lowest BCUT2D eigenvalue weighted by atomic mass is 10.2. The summed E-state index contributed by atoms with van der Waals surface area (Å²) >= 11 is 1.54. The molecule has 0 bridgehead atoms. The van der Waals surface area contributed by atoms with Gasteiger partial charge in [-0.2, -0.15) is 0 Å². The molecule has 0 saturated heterocycles. The minimum atomic E-state index is -0.00441. The van der Waals surface area contributed by atoms with Crippen molar-refractivity contribution in [2.75, 3.05) is 24.5 Å². The molecular weight excluding hydrogens is 306 g/mol. The minimum Gasteiger partial charge on any atom is -0.370 e. The standard InChI is InChI=1S/C18H23N3OS/c1-3-21(15-7-5-4-6-13(15)2)11-10-19-17(22)16-12-20-18(23-16)14-8-9-14/h4-7,12,14H,3,8-11H2,1-2H3,(H,19,22). The maximum absolute atomic E-state index is 12.2. The molecule has 1 saturated carbocycles. The molecule has 3 rings (SSSR count). The predicted molar refractivity (Wildman–Crippen MR) is 95.5 cm³/mol. The van der Waals surface area contributed by atoms with Crippen LogP contribution in [0.25, 0.3) is 0 Å². The van der Waals surface area contributed by atoms with E-state index in [2.05, 4.69) is 53.3 Å². The molecule has 0 atom stereocenters. The molecule has 1 heterocycles. The summed E-state index contributed by atoms with van der Waals surface area (Å²) in [6.07, 6.45) is 4.15. The first-order valence-corrected chi connectivity index (χ1v) is 9.05. The number of anilines is 1. The molecular formula is C18H23N3OS. The van der Waals surface area contributed by atoms with Gasteiger partial charge in [0, 0.05) is 31.2 Å². The fourth-order valence-corrected chi connectivity index (χ4v) is 3.67. The van der Waals surface area contributed by atoms with Crippen molar-refractivity contribution in [3.05, 3.63) is 45.9 Å². The average Bonchev–Trinajstić information content (AvgIpc) is 3.29. The second-order valence-electron chi connectivity index (χ2n) is 5.96. The number of amides is 1. The number of likely N-dealkylation sites (N-methyl/N-ethyl adjacent to an activating group) is 1. The number of thiazole rings is 1. The topological polar surface area (TPSA) is 45.2 Å². The second kappa shape index (κ2) is 7.13. The van der Waals surface area contributed by atoms with Crippen molar-refractivity contribution < 1.29 is 4.79 Å². The van der Waals surface area contributed by atoms with E-state index in [-0.39, 0.29) is 5.91 Å². The summed E-state index contributed by atoms with van der Waals surface area (Å²) in [7, 11) is 0. The number of benzene rings is 1. The number of nitrogens with one attached hydrogen (secondary N) is 1. The van der Waals surface area contributed by atoms with Crippen molar-refractivity contribution >= 4 is 22.9 Å². The number of nitrogens with zero attached hydrogens (tertiary/aromatic N) is 2. The normalized spacial score (nSPS) is 13.8. The number of hydrogen-bond acceptors (Lipinski definition) is 4. The monoisotopic (exact) mass is 329 g/mol. The summed E-state index contributed by atoms with van der Waals surface area (Å²) in [5.41, 5.74) is 2.50. The number of carbonyl (C=O) groups is 1. The number of rotatable bonds is 7. The number of aryl methyl sites for hydroxylation is 1. The van der Waals surface area contributed by atoms with Crippen LogP contribution < -0.4 is 10.2 Å². The summed E-state index contributed by atoms with van der Waals surface area (Å²) < 4.78 is 0. The largest absolute Gasteiger partial charge is 0.370 e. The molecule has 0 unspecified atom stereocenters. The van der Waals surface area contributed by atoms with Crippen molar-refractivity contribution in [1.29, 1.82) is 0 Å². The zero-order valence-electron chi connectivity index (χ0n) is 13.7. The first-order chi connectivity index (χ1) is 11.2. The van der Waals surface area contributed by atoms with Gasteiger partial charge in [0.1, 0.15) is 4.88 Å². The zero-order valence-corrected chi connectivity index (χ0v) is 14.5. The van der Waals surface area contributed by atoms with Crippen LogP contribution in [0.15, 0.2) is 30.5 Å². The third-order valence-electron chi connectivity index (χ3n) is 4.18. The van der Waals surface area contributed by atoms with Crippen LogP contribution in [-0.2, 0) is 0 Å². The predicted octanol–water partition coefficient (Wildman–Crippen LogP) is 3.59. The van der Waals surface area contributed by atoms with E-state index in [9.17, 15) is 4.79 Å². The summed E-state index contributed by atoms with van der Waals surface area (Å²) in [6.45, 7) is 6.62. The molecule has 1 amide bonds. The highest BCUT2D eigenvalue weighted by Gasteiger charge is 2.27. The van der Waals surface area contributed by atoms with E-state index in [0.29, 0.717) is 12.5 Å². The molecule has 0 aliphatic heterocycles. The van der Waals surface area contributed by atoms with E-state index in [1.54, 1.807) is 6.20 Å². The molecule has 5 heteroatoms. The molecule has 0 spiro atoms. The Morgan fingerprint density at radius 3 is 2.87 bits per heavy atom. The lowest BCUT2D eigenvalue weighted by molar-refractivity contribution is 0.0958. The van der Waals surface area contributed by atoms with Gasteiger partial charge in [0.15, 0.2) is 0 Å². The zero-order chi connectivity index (χ0) is 16.2. The van der Waals surface area contributed by atoms with E-state index in [1.807, 2.05) is 0 Å². The quantitative estimate of drug-likeness (QED) is 0.844. The summed E-state index contributed by atoms with van der Waals surface area (Å²) in [4.78, 5) is 19.6. The number of aromatic nitrogens is 1.